The van der Waals surface area contributed by atoms with Crippen molar-refractivity contribution in [2.75, 3.05) is 0 Å². The van der Waals surface area contributed by atoms with E-state index in [9.17, 15) is 14.4 Å². The van der Waals surface area contributed by atoms with Crippen molar-refractivity contribution in [1.29, 1.82) is 0 Å². The van der Waals surface area contributed by atoms with Crippen LogP contribution in [-0.4, -0.2) is 38.4 Å². The predicted molar refractivity (Wildman–Crippen MR) is 83.0 cm³/mol. The van der Waals surface area contributed by atoms with Crippen molar-refractivity contribution in [3.63, 3.8) is 0 Å². The molecule has 0 radical (unpaired) electrons. The number of nitrogens with zero attached hydrogens (tertiary/aromatic N) is 3. The number of nitrogens with one attached hydrogen (secondary N) is 3. The third kappa shape index (κ3) is 3.40. The Morgan fingerprint density at radius 1 is 1.33 bits per heavy atom. The quantitative estimate of drug-likeness (QED) is 0.656. The minimum atomic E-state index is -0.817. The molecule has 2 aromatic heterocycles. The zero-order valence-electron chi connectivity index (χ0n) is 12.9. The molecule has 0 saturated carbocycles. The summed E-state index contributed by atoms with van der Waals surface area (Å²) in [4.78, 5) is 42.7. The second-order valence-corrected chi connectivity index (χ2v) is 5.37. The summed E-state index contributed by atoms with van der Waals surface area (Å²) in [6.45, 7) is 2.17. The fourth-order valence-corrected chi connectivity index (χ4v) is 2.34. The van der Waals surface area contributed by atoms with E-state index < -0.39 is 18.0 Å². The van der Waals surface area contributed by atoms with Crippen molar-refractivity contribution in [1.82, 2.24) is 30.5 Å². The Balaban J connectivity index is 1.53. The molecule has 1 atom stereocenters. The van der Waals surface area contributed by atoms with Gasteiger partial charge >= 0.3 is 6.03 Å². The first-order chi connectivity index (χ1) is 11.5. The lowest BCUT2D eigenvalue weighted by molar-refractivity contribution is -0.126. The Labute approximate surface area is 137 Å². The van der Waals surface area contributed by atoms with Crippen LogP contribution >= 0.6 is 0 Å². The molecule has 0 aromatic carbocycles. The summed E-state index contributed by atoms with van der Waals surface area (Å²) in [5.74, 6) is 0.759. The summed E-state index contributed by atoms with van der Waals surface area (Å²) >= 11 is 0. The molecular formula is C15H16N6O3. The molecule has 0 spiro atoms. The molecule has 0 aliphatic carbocycles. The molecule has 3 rings (SSSR count). The predicted octanol–water partition coefficient (Wildman–Crippen LogP) is -0.210. The number of rotatable bonds is 5. The highest BCUT2D eigenvalue weighted by atomic mass is 16.2. The normalized spacial score (nSPS) is 16.6. The standard InChI is InChI=1S/C15H16N6O3/c1-9-16-4-5-21(9)12-3-2-10(7-17-12)8-18-13(22)6-11-14(23)20-15(24)19-11/h2-5,7,11H,6,8H2,1H3,(H,18,22)(H2,19,20,23,24). The van der Waals surface area contributed by atoms with Crippen LogP contribution in [0.15, 0.2) is 30.7 Å². The highest BCUT2D eigenvalue weighted by molar-refractivity contribution is 6.05. The highest BCUT2D eigenvalue weighted by Gasteiger charge is 2.31. The van der Waals surface area contributed by atoms with E-state index >= 15 is 0 Å². The van der Waals surface area contributed by atoms with Crippen LogP contribution in [0.3, 0.4) is 0 Å². The Hall–Kier alpha value is -3.23. The van der Waals surface area contributed by atoms with Crippen molar-refractivity contribution in [2.45, 2.75) is 25.9 Å². The van der Waals surface area contributed by atoms with Gasteiger partial charge in [-0.2, -0.15) is 0 Å². The fraction of sp³-hybridized carbons (Fsp3) is 0.267. The van der Waals surface area contributed by atoms with Gasteiger partial charge in [-0.1, -0.05) is 6.07 Å². The average Bonchev–Trinajstić information content (AvgIpc) is 3.11. The lowest BCUT2D eigenvalue weighted by Gasteiger charge is -2.09. The van der Waals surface area contributed by atoms with Crippen molar-refractivity contribution < 1.29 is 14.4 Å². The van der Waals surface area contributed by atoms with E-state index in [0.717, 1.165) is 17.2 Å². The second-order valence-electron chi connectivity index (χ2n) is 5.37. The Morgan fingerprint density at radius 2 is 2.17 bits per heavy atom. The van der Waals surface area contributed by atoms with Crippen LogP contribution in [0, 0.1) is 6.92 Å². The smallest absolute Gasteiger partial charge is 0.322 e. The number of pyridine rings is 1. The molecule has 1 saturated heterocycles. The van der Waals surface area contributed by atoms with Gasteiger partial charge in [-0.05, 0) is 18.6 Å². The first-order valence-electron chi connectivity index (χ1n) is 7.36. The van der Waals surface area contributed by atoms with Gasteiger partial charge in [-0.15, -0.1) is 0 Å². The number of carbonyl (C=O) groups excluding carboxylic acids is 3. The van der Waals surface area contributed by atoms with Gasteiger partial charge in [0.2, 0.25) is 5.91 Å². The number of carbonyl (C=O) groups is 3. The molecule has 3 heterocycles. The summed E-state index contributed by atoms with van der Waals surface area (Å²) in [5.41, 5.74) is 0.824. The molecule has 1 aliphatic heterocycles. The van der Waals surface area contributed by atoms with E-state index in [-0.39, 0.29) is 18.9 Å². The summed E-state index contributed by atoms with van der Waals surface area (Å²) in [7, 11) is 0. The molecule has 1 aliphatic rings. The molecular weight excluding hydrogens is 312 g/mol. The number of amides is 4. The number of aromatic nitrogens is 3. The van der Waals surface area contributed by atoms with E-state index in [1.807, 2.05) is 29.8 Å². The van der Waals surface area contributed by atoms with E-state index in [0.29, 0.717) is 0 Å². The summed E-state index contributed by atoms with van der Waals surface area (Å²) < 4.78 is 1.85. The van der Waals surface area contributed by atoms with Crippen LogP contribution in [0.1, 0.15) is 17.8 Å². The van der Waals surface area contributed by atoms with Crippen LogP contribution in [0.25, 0.3) is 5.82 Å². The van der Waals surface area contributed by atoms with Gasteiger partial charge < -0.3 is 10.6 Å². The molecule has 2 aromatic rings. The average molecular weight is 328 g/mol. The Bertz CT molecular complexity index is 783. The largest absolute Gasteiger partial charge is 0.352 e. The summed E-state index contributed by atoms with van der Waals surface area (Å²) in [6.07, 6.45) is 5.08. The van der Waals surface area contributed by atoms with Gasteiger partial charge in [0.25, 0.3) is 5.91 Å². The molecule has 124 valence electrons. The Morgan fingerprint density at radius 3 is 2.75 bits per heavy atom. The van der Waals surface area contributed by atoms with Crippen molar-refractivity contribution in [3.05, 3.63) is 42.1 Å². The molecule has 24 heavy (non-hydrogen) atoms. The minimum Gasteiger partial charge on any atom is -0.352 e. The molecule has 1 fully saturated rings. The molecule has 1 unspecified atom stereocenters. The van der Waals surface area contributed by atoms with Crippen molar-refractivity contribution >= 4 is 17.8 Å². The van der Waals surface area contributed by atoms with Crippen molar-refractivity contribution in [2.24, 2.45) is 0 Å². The highest BCUT2D eigenvalue weighted by Crippen LogP contribution is 2.08. The van der Waals surface area contributed by atoms with Crippen LogP contribution in [-0.2, 0) is 16.1 Å². The van der Waals surface area contributed by atoms with Gasteiger partial charge in [0.05, 0.1) is 6.42 Å². The van der Waals surface area contributed by atoms with Gasteiger partial charge in [-0.25, -0.2) is 14.8 Å². The molecule has 9 heteroatoms. The number of hydrogen-bond donors (Lipinski definition) is 3. The topological polar surface area (TPSA) is 118 Å². The number of imidazole rings is 1. The summed E-state index contributed by atoms with van der Waals surface area (Å²) in [6, 6.07) is 2.29. The fourth-order valence-electron chi connectivity index (χ4n) is 2.34. The zero-order chi connectivity index (χ0) is 17.1. The van der Waals surface area contributed by atoms with Crippen LogP contribution in [0.5, 0.6) is 0 Å². The molecule has 3 N–H and O–H groups in total. The van der Waals surface area contributed by atoms with Crippen molar-refractivity contribution in [3.8, 4) is 5.82 Å². The second kappa shape index (κ2) is 6.49. The SMILES string of the molecule is Cc1nccn1-c1ccc(CNC(=O)CC2NC(=O)NC2=O)cn1. The third-order valence-electron chi connectivity index (χ3n) is 3.62. The molecule has 0 bridgehead atoms. The van der Waals surface area contributed by atoms with Gasteiger partial charge in [0.1, 0.15) is 17.7 Å². The molecule has 4 amide bonds. The lowest BCUT2D eigenvalue weighted by atomic mass is 10.2. The van der Waals surface area contributed by atoms with E-state index in [4.69, 9.17) is 0 Å². The first-order valence-corrected chi connectivity index (χ1v) is 7.36. The number of urea groups is 1. The van der Waals surface area contributed by atoms with E-state index in [1.54, 1.807) is 12.4 Å². The lowest BCUT2D eigenvalue weighted by Crippen LogP contribution is -2.36. The van der Waals surface area contributed by atoms with Crippen LogP contribution in [0.2, 0.25) is 0 Å². The number of hydrogen-bond acceptors (Lipinski definition) is 5. The molecule has 9 nitrogen and oxygen atoms in total. The van der Waals surface area contributed by atoms with Gasteiger partial charge in [0.15, 0.2) is 0 Å². The van der Waals surface area contributed by atoms with Gasteiger partial charge in [-0.3, -0.25) is 19.5 Å². The van der Waals surface area contributed by atoms with E-state index in [2.05, 4.69) is 25.9 Å². The maximum atomic E-state index is 11.8. The number of imide groups is 1. The maximum Gasteiger partial charge on any atom is 0.322 e. The monoisotopic (exact) mass is 328 g/mol. The third-order valence-corrected chi connectivity index (χ3v) is 3.62. The zero-order valence-corrected chi connectivity index (χ0v) is 12.9. The van der Waals surface area contributed by atoms with Crippen LogP contribution in [0.4, 0.5) is 4.79 Å². The maximum absolute atomic E-state index is 11.8. The van der Waals surface area contributed by atoms with Crippen LogP contribution < -0.4 is 16.0 Å². The van der Waals surface area contributed by atoms with Gasteiger partial charge in [0, 0.05) is 25.1 Å². The Kier molecular flexibility index (Phi) is 4.23. The summed E-state index contributed by atoms with van der Waals surface area (Å²) in [5, 5.41) is 7.16. The van der Waals surface area contributed by atoms with E-state index in [1.165, 1.54) is 0 Å². The number of aryl methyl sites for hydroxylation is 1. The first kappa shape index (κ1) is 15.7. The minimum absolute atomic E-state index is 0.0999.